The number of nitrogens with two attached hydrogens (primary N) is 1. The lowest BCUT2D eigenvalue weighted by Crippen LogP contribution is -2.38. The first kappa shape index (κ1) is 21.6. The van der Waals surface area contributed by atoms with Crippen LogP contribution in [-0.2, 0) is 6.42 Å². The monoisotopic (exact) mass is 404 g/mol. The molecule has 0 heterocycles. The maximum absolute atomic E-state index is 13.0. The SMILES string of the molecule is CCCCCCN=C(C(=O)c1ccccc1)C(N)Cc1ccc(Cl)c(Cl)c1. The van der Waals surface area contributed by atoms with Crippen LogP contribution in [0.2, 0.25) is 10.0 Å². The van der Waals surface area contributed by atoms with Gasteiger partial charge in [0.2, 0.25) is 5.78 Å². The van der Waals surface area contributed by atoms with Crippen LogP contribution in [-0.4, -0.2) is 24.1 Å². The molecule has 0 radical (unpaired) electrons. The smallest absolute Gasteiger partial charge is 0.208 e. The van der Waals surface area contributed by atoms with E-state index in [1.165, 1.54) is 6.42 Å². The van der Waals surface area contributed by atoms with Gasteiger partial charge in [-0.15, -0.1) is 0 Å². The van der Waals surface area contributed by atoms with Gasteiger partial charge in [-0.3, -0.25) is 9.79 Å². The molecule has 0 aliphatic rings. The van der Waals surface area contributed by atoms with Crippen molar-refractivity contribution in [2.75, 3.05) is 6.54 Å². The number of aliphatic imine (C=N–C) groups is 1. The molecule has 2 aromatic carbocycles. The normalized spacial score (nSPS) is 12.8. The highest BCUT2D eigenvalue weighted by molar-refractivity contribution is 6.47. The van der Waals surface area contributed by atoms with Crippen molar-refractivity contribution in [3.05, 3.63) is 69.7 Å². The fourth-order valence-corrected chi connectivity index (χ4v) is 3.17. The lowest BCUT2D eigenvalue weighted by atomic mass is 9.96. The molecule has 1 atom stereocenters. The van der Waals surface area contributed by atoms with Crippen molar-refractivity contribution in [1.82, 2.24) is 0 Å². The molecule has 2 aromatic rings. The minimum Gasteiger partial charge on any atom is -0.322 e. The molecule has 0 bridgehead atoms. The summed E-state index contributed by atoms with van der Waals surface area (Å²) in [4.78, 5) is 17.6. The molecule has 27 heavy (non-hydrogen) atoms. The van der Waals surface area contributed by atoms with Gasteiger partial charge in [0.1, 0.15) is 0 Å². The zero-order valence-electron chi connectivity index (χ0n) is 15.6. The third kappa shape index (κ3) is 6.76. The maximum Gasteiger partial charge on any atom is 0.208 e. The Balaban J connectivity index is 2.17. The number of ketones is 1. The van der Waals surface area contributed by atoms with E-state index in [2.05, 4.69) is 11.9 Å². The summed E-state index contributed by atoms with van der Waals surface area (Å²) in [6.07, 6.45) is 4.88. The van der Waals surface area contributed by atoms with Gasteiger partial charge in [0.05, 0.1) is 21.8 Å². The molecule has 0 aromatic heterocycles. The molecule has 2 N–H and O–H groups in total. The van der Waals surface area contributed by atoms with Gasteiger partial charge in [-0.1, -0.05) is 85.8 Å². The van der Waals surface area contributed by atoms with Gasteiger partial charge in [-0.25, -0.2) is 0 Å². The second-order valence-electron chi connectivity index (χ2n) is 6.58. The van der Waals surface area contributed by atoms with E-state index in [9.17, 15) is 4.79 Å². The van der Waals surface area contributed by atoms with Crippen molar-refractivity contribution in [1.29, 1.82) is 0 Å². The zero-order valence-corrected chi connectivity index (χ0v) is 17.1. The summed E-state index contributed by atoms with van der Waals surface area (Å²) in [6, 6.07) is 14.1. The van der Waals surface area contributed by atoms with E-state index < -0.39 is 6.04 Å². The number of rotatable bonds is 10. The number of halogens is 2. The summed E-state index contributed by atoms with van der Waals surface area (Å²) in [6.45, 7) is 2.78. The van der Waals surface area contributed by atoms with Gasteiger partial charge >= 0.3 is 0 Å². The number of carbonyl (C=O) groups is 1. The zero-order chi connectivity index (χ0) is 19.6. The highest BCUT2D eigenvalue weighted by atomic mass is 35.5. The van der Waals surface area contributed by atoms with Crippen molar-refractivity contribution in [3.63, 3.8) is 0 Å². The van der Waals surface area contributed by atoms with E-state index in [1.807, 2.05) is 24.3 Å². The van der Waals surface area contributed by atoms with Crippen LogP contribution in [0.3, 0.4) is 0 Å². The molecule has 0 saturated carbocycles. The second kappa shape index (κ2) is 11.2. The van der Waals surface area contributed by atoms with E-state index in [0.29, 0.717) is 34.3 Å². The van der Waals surface area contributed by atoms with Crippen LogP contribution >= 0.6 is 23.2 Å². The van der Waals surface area contributed by atoms with E-state index in [-0.39, 0.29) is 5.78 Å². The van der Waals surface area contributed by atoms with Gasteiger partial charge in [-0.05, 0) is 30.5 Å². The molecule has 0 saturated heterocycles. The Morgan fingerprint density at radius 2 is 1.78 bits per heavy atom. The van der Waals surface area contributed by atoms with E-state index in [4.69, 9.17) is 28.9 Å². The first-order chi connectivity index (χ1) is 13.0. The summed E-state index contributed by atoms with van der Waals surface area (Å²) in [7, 11) is 0. The summed E-state index contributed by atoms with van der Waals surface area (Å²) >= 11 is 12.1. The average Bonchev–Trinajstić information content (AvgIpc) is 2.67. The number of benzene rings is 2. The third-order valence-corrected chi connectivity index (χ3v) is 5.09. The molecule has 144 valence electrons. The Morgan fingerprint density at radius 1 is 1.04 bits per heavy atom. The van der Waals surface area contributed by atoms with Crippen LogP contribution in [0.1, 0.15) is 48.5 Å². The molecular weight excluding hydrogens is 379 g/mol. The van der Waals surface area contributed by atoms with Crippen molar-refractivity contribution < 1.29 is 4.79 Å². The minimum atomic E-state index is -0.499. The molecule has 0 fully saturated rings. The molecule has 5 heteroatoms. The fourth-order valence-electron chi connectivity index (χ4n) is 2.85. The van der Waals surface area contributed by atoms with Crippen LogP contribution < -0.4 is 5.73 Å². The highest BCUT2D eigenvalue weighted by Crippen LogP contribution is 2.23. The van der Waals surface area contributed by atoms with Crippen molar-refractivity contribution in [3.8, 4) is 0 Å². The molecule has 0 aliphatic heterocycles. The van der Waals surface area contributed by atoms with Crippen LogP contribution in [0, 0.1) is 0 Å². The van der Waals surface area contributed by atoms with Crippen LogP contribution in [0.4, 0.5) is 0 Å². The Labute approximate surface area is 171 Å². The predicted octanol–water partition coefficient (Wildman–Crippen LogP) is 5.77. The van der Waals surface area contributed by atoms with E-state index in [1.54, 1.807) is 24.3 Å². The van der Waals surface area contributed by atoms with Gasteiger partial charge < -0.3 is 5.73 Å². The Kier molecular flexibility index (Phi) is 8.99. The van der Waals surface area contributed by atoms with E-state index >= 15 is 0 Å². The number of unbranched alkanes of at least 4 members (excludes halogenated alkanes) is 3. The Bertz CT molecular complexity index is 775. The number of hydrogen-bond acceptors (Lipinski definition) is 3. The predicted molar refractivity (Wildman–Crippen MR) is 115 cm³/mol. The van der Waals surface area contributed by atoms with Crippen LogP contribution in [0.15, 0.2) is 53.5 Å². The molecule has 1 unspecified atom stereocenters. The van der Waals surface area contributed by atoms with Gasteiger partial charge in [-0.2, -0.15) is 0 Å². The number of hydrogen-bond donors (Lipinski definition) is 1. The topological polar surface area (TPSA) is 55.5 Å². The van der Waals surface area contributed by atoms with Crippen molar-refractivity contribution >= 4 is 34.7 Å². The van der Waals surface area contributed by atoms with Crippen molar-refractivity contribution in [2.24, 2.45) is 10.7 Å². The van der Waals surface area contributed by atoms with Crippen molar-refractivity contribution in [2.45, 2.75) is 45.1 Å². The minimum absolute atomic E-state index is 0.112. The summed E-state index contributed by atoms with van der Waals surface area (Å²) in [5.74, 6) is -0.112. The molecule has 0 spiro atoms. The Morgan fingerprint density at radius 3 is 2.44 bits per heavy atom. The number of nitrogens with zero attached hydrogens (tertiary/aromatic N) is 1. The summed E-state index contributed by atoms with van der Waals surface area (Å²) in [5.41, 5.74) is 8.34. The maximum atomic E-state index is 13.0. The third-order valence-electron chi connectivity index (χ3n) is 4.35. The second-order valence-corrected chi connectivity index (χ2v) is 7.40. The molecule has 2 rings (SSSR count). The summed E-state index contributed by atoms with van der Waals surface area (Å²) in [5, 5.41) is 0.980. The molecule has 0 amide bonds. The standard InChI is InChI=1S/C22H26Cl2N2O/c1-2-3-4-8-13-26-21(22(27)17-9-6-5-7-10-17)20(25)15-16-11-12-18(23)19(24)14-16/h5-7,9-12,14,20H,2-4,8,13,15,25H2,1H3. The van der Waals surface area contributed by atoms with E-state index in [0.717, 1.165) is 24.8 Å². The lowest BCUT2D eigenvalue weighted by molar-refractivity contribution is 0.106. The van der Waals surface area contributed by atoms with Gasteiger partial charge in [0, 0.05) is 12.1 Å². The molecule has 3 nitrogen and oxygen atoms in total. The first-order valence-corrected chi connectivity index (χ1v) is 10.1. The quantitative estimate of drug-likeness (QED) is 0.310. The highest BCUT2D eigenvalue weighted by Gasteiger charge is 2.21. The lowest BCUT2D eigenvalue weighted by Gasteiger charge is -2.15. The summed E-state index contributed by atoms with van der Waals surface area (Å²) < 4.78 is 0. The fraction of sp³-hybridized carbons (Fsp3) is 0.364. The van der Waals surface area contributed by atoms with Crippen LogP contribution in [0.5, 0.6) is 0 Å². The van der Waals surface area contributed by atoms with Gasteiger partial charge in [0.15, 0.2) is 0 Å². The molecular formula is C22H26Cl2N2O. The number of carbonyl (C=O) groups excluding carboxylic acids is 1. The largest absolute Gasteiger partial charge is 0.322 e. The van der Waals surface area contributed by atoms with Crippen LogP contribution in [0.25, 0.3) is 0 Å². The Hall–Kier alpha value is -1.68. The number of Topliss-reactive ketones (excluding diaryl/α,β-unsaturated/α-hetero) is 1. The van der Waals surface area contributed by atoms with Gasteiger partial charge in [0.25, 0.3) is 0 Å². The first-order valence-electron chi connectivity index (χ1n) is 9.36. The average molecular weight is 405 g/mol. The molecule has 0 aliphatic carbocycles.